The fourth-order valence-electron chi connectivity index (χ4n) is 1.90. The van der Waals surface area contributed by atoms with Crippen LogP contribution in [0.4, 0.5) is 5.69 Å². The van der Waals surface area contributed by atoms with Gasteiger partial charge < -0.3 is 15.8 Å². The Kier molecular flexibility index (Phi) is 6.52. The van der Waals surface area contributed by atoms with Crippen LogP contribution < -0.4 is 15.8 Å². The fraction of sp³-hybridized carbons (Fsp3) is 0.562. The third-order valence-electron chi connectivity index (χ3n) is 3.03. The van der Waals surface area contributed by atoms with Crippen LogP contribution in [0.25, 0.3) is 0 Å². The van der Waals surface area contributed by atoms with Crippen LogP contribution in [-0.4, -0.2) is 18.1 Å². The number of anilines is 1. The summed E-state index contributed by atoms with van der Waals surface area (Å²) >= 11 is 0. The summed E-state index contributed by atoms with van der Waals surface area (Å²) in [4.78, 5) is 12.0. The van der Waals surface area contributed by atoms with Crippen LogP contribution in [0.3, 0.4) is 0 Å². The molecule has 1 aromatic rings. The van der Waals surface area contributed by atoms with E-state index in [0.29, 0.717) is 0 Å². The van der Waals surface area contributed by atoms with Crippen LogP contribution in [0.5, 0.6) is 5.75 Å². The number of hydrogen-bond acceptors (Lipinski definition) is 3. The predicted octanol–water partition coefficient (Wildman–Crippen LogP) is 3.24. The van der Waals surface area contributed by atoms with E-state index in [9.17, 15) is 4.79 Å². The molecule has 0 aromatic heterocycles. The summed E-state index contributed by atoms with van der Waals surface area (Å²) in [6.07, 6.45) is 2.86. The van der Waals surface area contributed by atoms with Gasteiger partial charge in [-0.2, -0.15) is 0 Å². The zero-order valence-corrected chi connectivity index (χ0v) is 12.9. The first-order chi connectivity index (χ1) is 9.43. The Balaban J connectivity index is 2.66. The highest BCUT2D eigenvalue weighted by molar-refractivity contribution is 5.95. The lowest BCUT2D eigenvalue weighted by Gasteiger charge is -2.15. The van der Waals surface area contributed by atoms with Crippen molar-refractivity contribution in [3.63, 3.8) is 0 Å². The Labute approximate surface area is 121 Å². The maximum Gasteiger partial charge on any atom is 0.241 e. The van der Waals surface area contributed by atoms with Gasteiger partial charge in [0.05, 0.1) is 12.1 Å². The highest BCUT2D eigenvalue weighted by Gasteiger charge is 2.14. The number of ether oxygens (including phenoxy) is 1. The first kappa shape index (κ1) is 16.5. The number of aryl methyl sites for hydroxylation is 1. The molecule has 0 unspecified atom stereocenters. The van der Waals surface area contributed by atoms with Crippen LogP contribution in [0, 0.1) is 6.92 Å². The minimum atomic E-state index is -0.444. The molecule has 0 saturated carbocycles. The molecule has 0 aliphatic heterocycles. The van der Waals surface area contributed by atoms with Crippen molar-refractivity contribution in [3.8, 4) is 5.75 Å². The second kappa shape index (κ2) is 7.90. The molecular weight excluding hydrogens is 252 g/mol. The molecule has 1 aromatic carbocycles. The van der Waals surface area contributed by atoms with Gasteiger partial charge in [-0.15, -0.1) is 0 Å². The topological polar surface area (TPSA) is 64.4 Å². The zero-order valence-electron chi connectivity index (χ0n) is 12.9. The maximum absolute atomic E-state index is 12.0. The van der Waals surface area contributed by atoms with E-state index in [-0.39, 0.29) is 12.0 Å². The first-order valence-corrected chi connectivity index (χ1v) is 7.27. The summed E-state index contributed by atoms with van der Waals surface area (Å²) in [5.74, 6) is 0.685. The van der Waals surface area contributed by atoms with Gasteiger partial charge in [0.1, 0.15) is 5.75 Å². The lowest BCUT2D eigenvalue weighted by atomic mass is 10.1. The van der Waals surface area contributed by atoms with Gasteiger partial charge in [-0.05, 0) is 51.0 Å². The van der Waals surface area contributed by atoms with Gasteiger partial charge >= 0.3 is 0 Å². The third-order valence-corrected chi connectivity index (χ3v) is 3.03. The predicted molar refractivity (Wildman–Crippen MR) is 83.1 cm³/mol. The quantitative estimate of drug-likeness (QED) is 0.804. The molecule has 20 heavy (non-hydrogen) atoms. The smallest absolute Gasteiger partial charge is 0.241 e. The number of carbonyl (C=O) groups excluding carboxylic acids is 1. The van der Waals surface area contributed by atoms with Crippen molar-refractivity contribution in [1.29, 1.82) is 0 Å². The van der Waals surface area contributed by atoms with E-state index >= 15 is 0 Å². The number of unbranched alkanes of at least 4 members (excludes halogenated alkanes) is 1. The molecule has 112 valence electrons. The van der Waals surface area contributed by atoms with E-state index in [2.05, 4.69) is 12.2 Å². The normalized spacial score (nSPS) is 12.3. The van der Waals surface area contributed by atoms with Crippen LogP contribution >= 0.6 is 0 Å². The van der Waals surface area contributed by atoms with Gasteiger partial charge in [0.25, 0.3) is 0 Å². The van der Waals surface area contributed by atoms with Gasteiger partial charge in [0, 0.05) is 5.69 Å². The van der Waals surface area contributed by atoms with Crippen LogP contribution in [-0.2, 0) is 4.79 Å². The highest BCUT2D eigenvalue weighted by atomic mass is 16.5. The molecule has 0 fully saturated rings. The van der Waals surface area contributed by atoms with Gasteiger partial charge in [-0.25, -0.2) is 0 Å². The maximum atomic E-state index is 12.0. The standard InChI is InChI=1S/C16H26N2O2/c1-5-6-7-14(17)16(19)18-15-9-8-13(10-12(15)4)20-11(2)3/h8-11,14H,5-7,17H2,1-4H3,(H,18,19)/t14-/m0/s1. The van der Waals surface area contributed by atoms with Crippen molar-refractivity contribution in [3.05, 3.63) is 23.8 Å². The molecule has 0 saturated heterocycles. The second-order valence-corrected chi connectivity index (χ2v) is 5.38. The summed E-state index contributed by atoms with van der Waals surface area (Å²) in [7, 11) is 0. The molecule has 0 heterocycles. The monoisotopic (exact) mass is 278 g/mol. The number of benzene rings is 1. The number of rotatable bonds is 7. The Hall–Kier alpha value is -1.55. The molecule has 4 heteroatoms. The SMILES string of the molecule is CCCC[C@H](N)C(=O)Nc1ccc(OC(C)C)cc1C. The van der Waals surface area contributed by atoms with Gasteiger partial charge in [0.2, 0.25) is 5.91 Å². The number of nitrogens with two attached hydrogens (primary N) is 1. The van der Waals surface area contributed by atoms with Crippen molar-refractivity contribution >= 4 is 11.6 Å². The molecule has 0 radical (unpaired) electrons. The van der Waals surface area contributed by atoms with E-state index in [0.717, 1.165) is 36.3 Å². The van der Waals surface area contributed by atoms with Gasteiger partial charge in [0.15, 0.2) is 0 Å². The lowest BCUT2D eigenvalue weighted by Crippen LogP contribution is -2.35. The minimum Gasteiger partial charge on any atom is -0.491 e. The highest BCUT2D eigenvalue weighted by Crippen LogP contribution is 2.22. The van der Waals surface area contributed by atoms with Crippen molar-refractivity contribution in [2.75, 3.05) is 5.32 Å². The summed E-state index contributed by atoms with van der Waals surface area (Å²) in [6.45, 7) is 8.00. The third kappa shape index (κ3) is 5.21. The molecule has 0 bridgehead atoms. The van der Waals surface area contributed by atoms with Crippen molar-refractivity contribution in [2.45, 2.75) is 59.1 Å². The number of hydrogen-bond donors (Lipinski definition) is 2. The average molecular weight is 278 g/mol. The molecule has 1 rings (SSSR count). The second-order valence-electron chi connectivity index (χ2n) is 5.38. The van der Waals surface area contributed by atoms with Crippen LogP contribution in [0.1, 0.15) is 45.6 Å². The van der Waals surface area contributed by atoms with Gasteiger partial charge in [-0.1, -0.05) is 19.8 Å². The Morgan fingerprint density at radius 1 is 1.40 bits per heavy atom. The van der Waals surface area contributed by atoms with E-state index in [1.165, 1.54) is 0 Å². The average Bonchev–Trinajstić information content (AvgIpc) is 2.38. The number of nitrogens with one attached hydrogen (secondary N) is 1. The molecule has 0 aliphatic rings. The molecule has 0 aliphatic carbocycles. The molecule has 4 nitrogen and oxygen atoms in total. The Morgan fingerprint density at radius 2 is 2.10 bits per heavy atom. The number of carbonyl (C=O) groups is 1. The summed E-state index contributed by atoms with van der Waals surface area (Å²) in [5, 5.41) is 2.88. The summed E-state index contributed by atoms with van der Waals surface area (Å²) in [6, 6.07) is 5.20. The minimum absolute atomic E-state index is 0.126. The van der Waals surface area contributed by atoms with Crippen molar-refractivity contribution in [2.24, 2.45) is 5.73 Å². The molecule has 1 atom stereocenters. The van der Waals surface area contributed by atoms with Gasteiger partial charge in [-0.3, -0.25) is 4.79 Å². The number of amides is 1. The molecular formula is C16H26N2O2. The fourth-order valence-corrected chi connectivity index (χ4v) is 1.90. The zero-order chi connectivity index (χ0) is 15.1. The summed E-state index contributed by atoms with van der Waals surface area (Å²) < 4.78 is 5.62. The lowest BCUT2D eigenvalue weighted by molar-refractivity contribution is -0.117. The van der Waals surface area contributed by atoms with E-state index in [1.54, 1.807) is 0 Å². The first-order valence-electron chi connectivity index (χ1n) is 7.27. The summed E-state index contributed by atoms with van der Waals surface area (Å²) in [5.41, 5.74) is 7.62. The van der Waals surface area contributed by atoms with Crippen LogP contribution in [0.2, 0.25) is 0 Å². The Bertz CT molecular complexity index is 444. The Morgan fingerprint density at radius 3 is 2.65 bits per heavy atom. The van der Waals surface area contributed by atoms with Crippen molar-refractivity contribution in [1.82, 2.24) is 0 Å². The van der Waals surface area contributed by atoms with E-state index < -0.39 is 6.04 Å². The van der Waals surface area contributed by atoms with Crippen LogP contribution in [0.15, 0.2) is 18.2 Å². The van der Waals surface area contributed by atoms with E-state index in [4.69, 9.17) is 10.5 Å². The van der Waals surface area contributed by atoms with E-state index in [1.807, 2.05) is 39.0 Å². The largest absolute Gasteiger partial charge is 0.491 e. The molecule has 1 amide bonds. The molecule has 0 spiro atoms. The van der Waals surface area contributed by atoms with Crippen molar-refractivity contribution < 1.29 is 9.53 Å². The molecule has 3 N–H and O–H groups in total.